The number of alkyl halides is 3. The molecule has 1 heterocycles. The molecule has 4 rings (SSSR count). The molecule has 1 aromatic heterocycles. The van der Waals surface area contributed by atoms with Crippen LogP contribution in [-0.4, -0.2) is 37.9 Å². The Morgan fingerprint density at radius 2 is 1.67 bits per heavy atom. The Morgan fingerprint density at radius 1 is 1.00 bits per heavy atom. The number of Topliss-reactive ketones (excluding diaryl/α,β-unsaturated/α-hetero) is 1. The summed E-state index contributed by atoms with van der Waals surface area (Å²) < 4.78 is 65.4. The average molecular weight is 599 g/mol. The molecule has 9 nitrogen and oxygen atoms in total. The van der Waals surface area contributed by atoms with Crippen LogP contribution in [0, 0.1) is 0 Å². The van der Waals surface area contributed by atoms with Gasteiger partial charge >= 0.3 is 6.36 Å². The Labute approximate surface area is 243 Å². The molecule has 13 heteroatoms. The molecule has 0 radical (unpaired) electrons. The van der Waals surface area contributed by atoms with E-state index >= 15 is 0 Å². The predicted molar refractivity (Wildman–Crippen MR) is 154 cm³/mol. The van der Waals surface area contributed by atoms with Crippen LogP contribution in [0.25, 0.3) is 0 Å². The number of nitrogens with zero attached hydrogens (tertiary/aromatic N) is 3. The molecule has 0 aliphatic rings. The third-order valence-electron chi connectivity index (χ3n) is 6.50. The van der Waals surface area contributed by atoms with Crippen LogP contribution in [0.5, 0.6) is 5.75 Å². The van der Waals surface area contributed by atoms with Gasteiger partial charge in [-0.05, 0) is 73.5 Å². The van der Waals surface area contributed by atoms with E-state index in [-0.39, 0.29) is 18.0 Å². The molecule has 1 unspecified atom stereocenters. The first-order valence-corrected chi connectivity index (χ1v) is 13.7. The summed E-state index contributed by atoms with van der Waals surface area (Å²) >= 11 is -2.44. The minimum atomic E-state index is -4.78. The van der Waals surface area contributed by atoms with Crippen molar-refractivity contribution in [2.45, 2.75) is 32.0 Å². The summed E-state index contributed by atoms with van der Waals surface area (Å²) in [5.74, 6) is 0.454. The maximum atomic E-state index is 13.2. The highest BCUT2D eigenvalue weighted by atomic mass is 32.2. The first-order chi connectivity index (χ1) is 19.8. The van der Waals surface area contributed by atoms with Gasteiger partial charge in [0, 0.05) is 53.4 Å². The van der Waals surface area contributed by atoms with Gasteiger partial charge in [-0.1, -0.05) is 30.3 Å². The van der Waals surface area contributed by atoms with E-state index in [0.717, 1.165) is 11.3 Å². The molecule has 4 aromatic rings. The van der Waals surface area contributed by atoms with Crippen molar-refractivity contribution in [3.8, 4) is 5.75 Å². The molecule has 2 N–H and O–H groups in total. The summed E-state index contributed by atoms with van der Waals surface area (Å²) in [7, 11) is 1.83. The van der Waals surface area contributed by atoms with E-state index in [2.05, 4.69) is 24.7 Å². The number of halogens is 3. The number of benzene rings is 3. The van der Waals surface area contributed by atoms with Crippen molar-refractivity contribution in [3.05, 3.63) is 96.2 Å². The minimum absolute atomic E-state index is 0.0969. The van der Waals surface area contributed by atoms with Gasteiger partial charge in [0.2, 0.25) is 5.95 Å². The molecule has 0 fully saturated rings. The van der Waals surface area contributed by atoms with Gasteiger partial charge in [0.15, 0.2) is 0 Å². The number of aromatic nitrogens is 2. The van der Waals surface area contributed by atoms with Crippen molar-refractivity contribution in [1.82, 2.24) is 9.97 Å². The lowest BCUT2D eigenvalue weighted by Gasteiger charge is -2.24. The maximum Gasteiger partial charge on any atom is 0.573 e. The fourth-order valence-corrected chi connectivity index (χ4v) is 4.41. The van der Waals surface area contributed by atoms with Crippen LogP contribution in [-0.2, 0) is 27.9 Å². The molecular formula is C29H27F3N5O4S-. The normalized spacial score (nSPS) is 12.4. The number of anilines is 5. The van der Waals surface area contributed by atoms with E-state index in [4.69, 9.17) is 0 Å². The number of hydrogen-bond acceptors (Lipinski definition) is 8. The van der Waals surface area contributed by atoms with E-state index in [9.17, 15) is 26.7 Å². The molecule has 0 aliphatic heterocycles. The van der Waals surface area contributed by atoms with Crippen LogP contribution < -0.4 is 19.7 Å². The van der Waals surface area contributed by atoms with Gasteiger partial charge in [-0.2, -0.15) is 4.98 Å². The fraction of sp³-hybridized carbons (Fsp3) is 0.207. The largest absolute Gasteiger partial charge is 0.755 e. The molecule has 0 amide bonds. The summed E-state index contributed by atoms with van der Waals surface area (Å²) in [5.41, 5.74) is 2.21. The van der Waals surface area contributed by atoms with Gasteiger partial charge in [0.1, 0.15) is 17.4 Å². The Morgan fingerprint density at radius 3 is 2.31 bits per heavy atom. The highest BCUT2D eigenvalue weighted by molar-refractivity contribution is 7.80. The van der Waals surface area contributed by atoms with Gasteiger partial charge in [-0.3, -0.25) is 9.00 Å². The molecule has 1 atom stereocenters. The third kappa shape index (κ3) is 8.04. The van der Waals surface area contributed by atoms with Crippen LogP contribution in [0.3, 0.4) is 0 Å². The predicted octanol–water partition coefficient (Wildman–Crippen LogP) is 6.18. The second-order valence-corrected chi connectivity index (χ2v) is 10.5. The van der Waals surface area contributed by atoms with Gasteiger partial charge < -0.3 is 24.2 Å². The molecular weight excluding hydrogens is 571 g/mol. The summed E-state index contributed by atoms with van der Waals surface area (Å²) in [6.45, 7) is 3.46. The molecule has 220 valence electrons. The van der Waals surface area contributed by atoms with Gasteiger partial charge in [0.25, 0.3) is 0 Å². The van der Waals surface area contributed by atoms with Gasteiger partial charge in [-0.15, -0.1) is 13.2 Å². The smallest absolute Gasteiger partial charge is 0.573 e. The molecule has 0 saturated carbocycles. The average Bonchev–Trinajstić information content (AvgIpc) is 2.92. The van der Waals surface area contributed by atoms with Crippen LogP contribution in [0.4, 0.5) is 42.0 Å². The van der Waals surface area contributed by atoms with Gasteiger partial charge in [-0.25, -0.2) is 4.98 Å². The number of nitrogens with one attached hydrogen (secondary N) is 2. The summed E-state index contributed by atoms with van der Waals surface area (Å²) in [5, 5.41) is 3.05. The Kier molecular flexibility index (Phi) is 9.12. The second kappa shape index (κ2) is 12.6. The lowest BCUT2D eigenvalue weighted by atomic mass is 9.78. The van der Waals surface area contributed by atoms with Crippen molar-refractivity contribution in [2.75, 3.05) is 22.0 Å². The molecule has 0 spiro atoms. The lowest BCUT2D eigenvalue weighted by Crippen LogP contribution is -2.30. The topological polar surface area (TPSA) is 120 Å². The first kappa shape index (κ1) is 30.5. The minimum Gasteiger partial charge on any atom is -0.755 e. The van der Waals surface area contributed by atoms with Crippen LogP contribution in [0.15, 0.2) is 85.1 Å². The van der Waals surface area contributed by atoms with E-state index in [1.807, 2.05) is 36.2 Å². The molecule has 0 bridgehead atoms. The SMILES string of the molecule is CN(c1ccc(CC(=O)C(C)(C)c2ccc(OC(F)(F)F)cc2)cc1)c1ccnc(Nc2cccc(NS(=O)[O-])c2)n1. The molecule has 0 aliphatic carbocycles. The number of ether oxygens (including phenoxy) is 1. The van der Waals surface area contributed by atoms with Crippen LogP contribution >= 0.6 is 0 Å². The molecule has 42 heavy (non-hydrogen) atoms. The van der Waals surface area contributed by atoms with E-state index in [1.165, 1.54) is 24.3 Å². The van der Waals surface area contributed by atoms with Crippen molar-refractivity contribution in [3.63, 3.8) is 0 Å². The zero-order valence-corrected chi connectivity index (χ0v) is 23.6. The van der Waals surface area contributed by atoms with Gasteiger partial charge in [0.05, 0.1) is 0 Å². The van der Waals surface area contributed by atoms with Crippen molar-refractivity contribution >= 4 is 45.9 Å². The number of carbonyl (C=O) groups is 1. The van der Waals surface area contributed by atoms with Crippen molar-refractivity contribution < 1.29 is 31.5 Å². The van der Waals surface area contributed by atoms with Crippen molar-refractivity contribution in [2.24, 2.45) is 0 Å². The number of ketones is 1. The highest BCUT2D eigenvalue weighted by Crippen LogP contribution is 2.30. The summed E-state index contributed by atoms with van der Waals surface area (Å²) in [4.78, 5) is 23.8. The number of hydrogen-bond donors (Lipinski definition) is 2. The quantitative estimate of drug-likeness (QED) is 0.197. The standard InChI is InChI=1S/C29H28F3N5O4S/c1-28(2,20-9-13-24(14-10-20)41-29(30,31)32)25(38)17-19-7-11-23(12-8-19)37(3)26-15-16-33-27(35-26)34-21-5-4-6-22(18-21)36-42(39)40/h4-16,18,36H,17H2,1-3H3,(H,39,40)(H,33,34,35)/p-1. The summed E-state index contributed by atoms with van der Waals surface area (Å²) in [6.07, 6.45) is -3.06. The monoisotopic (exact) mass is 598 g/mol. The van der Waals surface area contributed by atoms with Crippen molar-refractivity contribution in [1.29, 1.82) is 0 Å². The number of rotatable bonds is 11. The second-order valence-electron chi connectivity index (χ2n) is 9.80. The van der Waals surface area contributed by atoms with Crippen LogP contribution in [0.1, 0.15) is 25.0 Å². The Bertz CT molecular complexity index is 1570. The maximum absolute atomic E-state index is 13.2. The summed E-state index contributed by atoms with van der Waals surface area (Å²) in [6, 6.07) is 21.1. The first-order valence-electron chi connectivity index (χ1n) is 12.6. The van der Waals surface area contributed by atoms with E-state index in [1.54, 1.807) is 50.4 Å². The fourth-order valence-electron chi connectivity index (χ4n) is 4.09. The Balaban J connectivity index is 1.41. The zero-order chi connectivity index (χ0) is 30.5. The highest BCUT2D eigenvalue weighted by Gasteiger charge is 2.32. The van der Waals surface area contributed by atoms with Crippen LogP contribution in [0.2, 0.25) is 0 Å². The van der Waals surface area contributed by atoms with E-state index in [0.29, 0.717) is 28.7 Å². The molecule has 3 aromatic carbocycles. The lowest BCUT2D eigenvalue weighted by molar-refractivity contribution is -0.274. The third-order valence-corrected chi connectivity index (χ3v) is 6.90. The molecule has 0 saturated heterocycles. The van der Waals surface area contributed by atoms with E-state index < -0.39 is 23.0 Å². The zero-order valence-electron chi connectivity index (χ0n) is 22.8. The Hall–Kier alpha value is -4.49. The number of carbonyl (C=O) groups excluding carboxylic acids is 1.